The van der Waals surface area contributed by atoms with Gasteiger partial charge in [0.05, 0.1) is 11.3 Å². The summed E-state index contributed by atoms with van der Waals surface area (Å²) >= 11 is 0. The smallest absolute Gasteiger partial charge is 0.259 e. The summed E-state index contributed by atoms with van der Waals surface area (Å²) in [7, 11) is 0. The van der Waals surface area contributed by atoms with Crippen molar-refractivity contribution in [1.82, 2.24) is 5.32 Å². The van der Waals surface area contributed by atoms with Gasteiger partial charge in [-0.2, -0.15) is 0 Å². The minimum Gasteiger partial charge on any atom is -0.507 e. The summed E-state index contributed by atoms with van der Waals surface area (Å²) in [6.07, 6.45) is 2.00. The van der Waals surface area contributed by atoms with Gasteiger partial charge in [-0.3, -0.25) is 9.59 Å². The van der Waals surface area contributed by atoms with Gasteiger partial charge < -0.3 is 15.7 Å². The number of hydrogen-bond donors (Lipinski definition) is 3. The van der Waals surface area contributed by atoms with Crippen LogP contribution in [-0.4, -0.2) is 29.9 Å². The predicted molar refractivity (Wildman–Crippen MR) is 123 cm³/mol. The van der Waals surface area contributed by atoms with Gasteiger partial charge in [0.25, 0.3) is 5.91 Å². The third-order valence-corrected chi connectivity index (χ3v) is 5.83. The molecule has 0 aliphatic carbocycles. The molecule has 0 unspecified atom stereocenters. The third kappa shape index (κ3) is 4.67. The Kier molecular flexibility index (Phi) is 6.14. The van der Waals surface area contributed by atoms with Crippen LogP contribution in [0.3, 0.4) is 0 Å². The quantitative estimate of drug-likeness (QED) is 0.515. The van der Waals surface area contributed by atoms with Crippen molar-refractivity contribution in [3.63, 3.8) is 0 Å². The van der Waals surface area contributed by atoms with Gasteiger partial charge in [0.15, 0.2) is 5.78 Å². The molecule has 158 valence electrons. The largest absolute Gasteiger partial charge is 0.507 e. The van der Waals surface area contributed by atoms with Crippen LogP contribution in [0, 0.1) is 0 Å². The maximum Gasteiger partial charge on any atom is 0.259 e. The van der Waals surface area contributed by atoms with Gasteiger partial charge in [-0.25, -0.2) is 0 Å². The van der Waals surface area contributed by atoms with Crippen molar-refractivity contribution in [3.05, 3.63) is 83.4 Å². The SMILES string of the molecule is CC(=O)c1ccc(-c2ccccc2)cc1NC(=O)c1cc(C2CCNCC2)ccc1O. The van der Waals surface area contributed by atoms with Gasteiger partial charge in [0.1, 0.15) is 5.75 Å². The fourth-order valence-electron chi connectivity index (χ4n) is 4.10. The van der Waals surface area contributed by atoms with Crippen LogP contribution in [0.2, 0.25) is 0 Å². The molecule has 5 heteroatoms. The number of phenols is 1. The van der Waals surface area contributed by atoms with Gasteiger partial charge >= 0.3 is 0 Å². The number of rotatable bonds is 5. The number of benzene rings is 3. The van der Waals surface area contributed by atoms with Gasteiger partial charge in [0.2, 0.25) is 0 Å². The fraction of sp³-hybridized carbons (Fsp3) is 0.231. The second-order valence-corrected chi connectivity index (χ2v) is 7.94. The number of carbonyl (C=O) groups is 2. The average Bonchev–Trinajstić information content (AvgIpc) is 2.80. The zero-order valence-corrected chi connectivity index (χ0v) is 17.5. The molecule has 1 saturated heterocycles. The molecule has 1 aliphatic heterocycles. The summed E-state index contributed by atoms with van der Waals surface area (Å²) in [5, 5.41) is 16.6. The Hall–Kier alpha value is -3.44. The predicted octanol–water partition coefficient (Wildman–Crippen LogP) is 4.98. The van der Waals surface area contributed by atoms with Crippen molar-refractivity contribution in [2.45, 2.75) is 25.7 Å². The van der Waals surface area contributed by atoms with E-state index in [1.165, 1.54) is 6.92 Å². The average molecular weight is 415 g/mol. The monoisotopic (exact) mass is 414 g/mol. The van der Waals surface area contributed by atoms with E-state index < -0.39 is 5.91 Å². The molecule has 1 amide bonds. The van der Waals surface area contributed by atoms with E-state index >= 15 is 0 Å². The summed E-state index contributed by atoms with van der Waals surface area (Å²) in [6, 6.07) is 20.4. The van der Waals surface area contributed by atoms with Gasteiger partial charge in [-0.1, -0.05) is 42.5 Å². The highest BCUT2D eigenvalue weighted by Crippen LogP contribution is 2.31. The van der Waals surface area contributed by atoms with Crippen LogP contribution in [0.25, 0.3) is 11.1 Å². The highest BCUT2D eigenvalue weighted by molar-refractivity contribution is 6.10. The molecule has 4 rings (SSSR count). The Balaban J connectivity index is 1.65. The molecule has 0 bridgehead atoms. The number of aromatic hydroxyl groups is 1. The first kappa shape index (κ1) is 20.8. The number of hydrogen-bond acceptors (Lipinski definition) is 4. The van der Waals surface area contributed by atoms with E-state index in [0.29, 0.717) is 17.2 Å². The molecule has 3 aromatic rings. The normalized spacial score (nSPS) is 14.2. The Morgan fingerprint density at radius 3 is 2.35 bits per heavy atom. The van der Waals surface area contributed by atoms with Gasteiger partial charge in [0, 0.05) is 5.56 Å². The first-order valence-corrected chi connectivity index (χ1v) is 10.6. The van der Waals surface area contributed by atoms with Crippen molar-refractivity contribution < 1.29 is 14.7 Å². The molecule has 1 fully saturated rings. The Bertz CT molecular complexity index is 1100. The minimum absolute atomic E-state index is 0.0706. The number of nitrogens with one attached hydrogen (secondary N) is 2. The minimum atomic E-state index is -0.430. The zero-order valence-electron chi connectivity index (χ0n) is 17.5. The number of anilines is 1. The first-order chi connectivity index (χ1) is 15.0. The zero-order chi connectivity index (χ0) is 21.8. The molecule has 3 N–H and O–H groups in total. The van der Waals surface area contributed by atoms with Crippen molar-refractivity contribution in [2.75, 3.05) is 18.4 Å². The van der Waals surface area contributed by atoms with Crippen molar-refractivity contribution in [3.8, 4) is 16.9 Å². The van der Waals surface area contributed by atoms with E-state index in [-0.39, 0.29) is 17.1 Å². The maximum absolute atomic E-state index is 13.1. The van der Waals surface area contributed by atoms with E-state index in [0.717, 1.165) is 42.6 Å². The second-order valence-electron chi connectivity index (χ2n) is 7.94. The maximum atomic E-state index is 13.1. The van der Waals surface area contributed by atoms with Gasteiger partial charge in [-0.15, -0.1) is 0 Å². The van der Waals surface area contributed by atoms with Crippen molar-refractivity contribution in [1.29, 1.82) is 0 Å². The Labute approximate surface area is 182 Å². The lowest BCUT2D eigenvalue weighted by Crippen LogP contribution is -2.26. The lowest BCUT2D eigenvalue weighted by Gasteiger charge is -2.23. The standard InChI is InChI=1S/C26H26N2O3/c1-17(29)22-9-7-21(18-5-3-2-4-6-18)16-24(22)28-26(31)23-15-20(8-10-25(23)30)19-11-13-27-14-12-19/h2-10,15-16,19,27,30H,11-14H2,1H3,(H,28,31). The third-order valence-electron chi connectivity index (χ3n) is 5.83. The molecule has 0 spiro atoms. The molecule has 1 heterocycles. The highest BCUT2D eigenvalue weighted by atomic mass is 16.3. The Morgan fingerprint density at radius 1 is 0.903 bits per heavy atom. The second kappa shape index (κ2) is 9.14. The lowest BCUT2D eigenvalue weighted by molar-refractivity contribution is 0.101. The van der Waals surface area contributed by atoms with Gasteiger partial charge in [-0.05, 0) is 79.7 Å². The molecule has 5 nitrogen and oxygen atoms in total. The molecule has 0 aromatic heterocycles. The number of Topliss-reactive ketones (excluding diaryl/α,β-unsaturated/α-hetero) is 1. The van der Waals surface area contributed by atoms with E-state index in [1.807, 2.05) is 42.5 Å². The number of phenolic OH excluding ortho intramolecular Hbond substituents is 1. The molecule has 1 aliphatic rings. The van der Waals surface area contributed by atoms with E-state index in [4.69, 9.17) is 0 Å². The highest BCUT2D eigenvalue weighted by Gasteiger charge is 2.20. The topological polar surface area (TPSA) is 78.4 Å². The van der Waals surface area contributed by atoms with Crippen LogP contribution in [0.5, 0.6) is 5.75 Å². The van der Waals surface area contributed by atoms with Crippen LogP contribution >= 0.6 is 0 Å². The van der Waals surface area contributed by atoms with Crippen LogP contribution < -0.4 is 10.6 Å². The van der Waals surface area contributed by atoms with Crippen LogP contribution in [0.1, 0.15) is 52.0 Å². The molecular formula is C26H26N2O3. The number of amides is 1. The molecule has 31 heavy (non-hydrogen) atoms. The Morgan fingerprint density at radius 2 is 1.65 bits per heavy atom. The van der Waals surface area contributed by atoms with Crippen molar-refractivity contribution >= 4 is 17.4 Å². The summed E-state index contributed by atoms with van der Waals surface area (Å²) in [4.78, 5) is 25.3. The molecular weight excluding hydrogens is 388 g/mol. The molecule has 0 radical (unpaired) electrons. The van der Waals surface area contributed by atoms with Crippen LogP contribution in [-0.2, 0) is 0 Å². The first-order valence-electron chi connectivity index (χ1n) is 10.6. The molecule has 3 aromatic carbocycles. The summed E-state index contributed by atoms with van der Waals surface area (Å²) in [5.41, 5.74) is 4.02. The van der Waals surface area contributed by atoms with E-state index in [9.17, 15) is 14.7 Å². The van der Waals surface area contributed by atoms with Crippen molar-refractivity contribution in [2.24, 2.45) is 0 Å². The molecule has 0 atom stereocenters. The number of ketones is 1. The van der Waals surface area contributed by atoms with Crippen LogP contribution in [0.4, 0.5) is 5.69 Å². The summed E-state index contributed by atoms with van der Waals surface area (Å²) in [6.45, 7) is 3.37. The fourth-order valence-corrected chi connectivity index (χ4v) is 4.10. The number of carbonyl (C=O) groups excluding carboxylic acids is 2. The van der Waals surface area contributed by atoms with E-state index in [2.05, 4.69) is 10.6 Å². The summed E-state index contributed by atoms with van der Waals surface area (Å²) in [5.74, 6) is -0.273. The lowest BCUT2D eigenvalue weighted by atomic mass is 9.89. The number of piperidine rings is 1. The van der Waals surface area contributed by atoms with E-state index in [1.54, 1.807) is 24.3 Å². The van der Waals surface area contributed by atoms with Crippen LogP contribution in [0.15, 0.2) is 66.7 Å². The molecule has 0 saturated carbocycles. The summed E-state index contributed by atoms with van der Waals surface area (Å²) < 4.78 is 0.